The van der Waals surface area contributed by atoms with Crippen LogP contribution in [0, 0.1) is 0 Å². The number of nitrogen functional groups attached to an aromatic ring is 1. The fraction of sp³-hybridized carbons (Fsp3) is 0.385. The molecule has 2 amide bonds. The summed E-state index contributed by atoms with van der Waals surface area (Å²) >= 11 is 0. The van der Waals surface area contributed by atoms with Gasteiger partial charge in [-0.15, -0.1) is 0 Å². The van der Waals surface area contributed by atoms with Crippen LogP contribution in [0.5, 0.6) is 5.75 Å². The summed E-state index contributed by atoms with van der Waals surface area (Å²) in [6.07, 6.45) is 1.37. The topological polar surface area (TPSA) is 98.6 Å². The van der Waals surface area contributed by atoms with Crippen LogP contribution in [0.2, 0.25) is 0 Å². The summed E-state index contributed by atoms with van der Waals surface area (Å²) < 4.78 is 5.09. The molecule has 0 aliphatic carbocycles. The zero-order valence-electron chi connectivity index (χ0n) is 10.8. The third kappa shape index (κ3) is 2.33. The molecule has 1 unspecified atom stereocenters. The number of benzene rings is 1. The minimum absolute atomic E-state index is 0.280. The molecule has 1 heterocycles. The third-order valence-corrected chi connectivity index (χ3v) is 3.36. The molecule has 1 aromatic carbocycles. The molecule has 2 rings (SSSR count). The molecule has 102 valence electrons. The van der Waals surface area contributed by atoms with E-state index in [1.54, 1.807) is 18.2 Å². The first-order valence-electron chi connectivity index (χ1n) is 6.09. The highest BCUT2D eigenvalue weighted by Gasteiger charge is 2.34. The van der Waals surface area contributed by atoms with E-state index in [0.29, 0.717) is 24.3 Å². The summed E-state index contributed by atoms with van der Waals surface area (Å²) in [7, 11) is 1.49. The molecule has 1 saturated heterocycles. The van der Waals surface area contributed by atoms with Crippen molar-refractivity contribution in [3.63, 3.8) is 0 Å². The predicted octanol–water partition coefficient (Wildman–Crippen LogP) is 0.367. The molecular formula is C13H17N3O3. The lowest BCUT2D eigenvalue weighted by molar-refractivity contribution is -0.121. The maximum atomic E-state index is 12.4. The van der Waals surface area contributed by atoms with E-state index in [4.69, 9.17) is 16.2 Å². The molecule has 0 spiro atoms. The summed E-state index contributed by atoms with van der Waals surface area (Å²) in [5, 5.41) is 0. The minimum atomic E-state index is -0.543. The lowest BCUT2D eigenvalue weighted by Gasteiger charge is -2.23. The second-order valence-corrected chi connectivity index (χ2v) is 4.48. The lowest BCUT2D eigenvalue weighted by Crippen LogP contribution is -2.43. The van der Waals surface area contributed by atoms with Gasteiger partial charge in [0.2, 0.25) is 5.91 Å². The average molecular weight is 263 g/mol. The maximum Gasteiger partial charge on any atom is 0.256 e. The van der Waals surface area contributed by atoms with Gasteiger partial charge in [0, 0.05) is 6.54 Å². The number of carbonyl (C=O) groups excluding carboxylic acids is 2. The van der Waals surface area contributed by atoms with Gasteiger partial charge in [0.15, 0.2) is 0 Å². The smallest absolute Gasteiger partial charge is 0.256 e. The number of primary amides is 1. The molecular weight excluding hydrogens is 246 g/mol. The van der Waals surface area contributed by atoms with Crippen molar-refractivity contribution >= 4 is 17.5 Å². The highest BCUT2D eigenvalue weighted by Crippen LogP contribution is 2.28. The Morgan fingerprint density at radius 3 is 2.79 bits per heavy atom. The number of likely N-dealkylation sites (tertiary alicyclic amines) is 1. The van der Waals surface area contributed by atoms with Crippen molar-refractivity contribution in [3.05, 3.63) is 23.8 Å². The quantitative estimate of drug-likeness (QED) is 0.769. The van der Waals surface area contributed by atoms with Crippen molar-refractivity contribution in [2.24, 2.45) is 5.73 Å². The van der Waals surface area contributed by atoms with Crippen LogP contribution in [0.3, 0.4) is 0 Å². The second-order valence-electron chi connectivity index (χ2n) is 4.48. The van der Waals surface area contributed by atoms with Gasteiger partial charge in [-0.1, -0.05) is 6.07 Å². The van der Waals surface area contributed by atoms with Gasteiger partial charge < -0.3 is 21.1 Å². The SMILES string of the molecule is COc1cccc(C(=O)N2CCCC2C(N)=O)c1N. The first-order valence-corrected chi connectivity index (χ1v) is 6.09. The standard InChI is InChI=1S/C13H17N3O3/c1-19-10-6-2-4-8(11(10)14)13(18)16-7-3-5-9(16)12(15)17/h2,4,6,9H,3,5,7,14H2,1H3,(H2,15,17). The number of para-hydroxylation sites is 1. The molecule has 1 fully saturated rings. The van der Waals surface area contributed by atoms with Gasteiger partial charge in [-0.05, 0) is 25.0 Å². The van der Waals surface area contributed by atoms with Crippen molar-refractivity contribution in [1.82, 2.24) is 4.90 Å². The van der Waals surface area contributed by atoms with E-state index in [2.05, 4.69) is 0 Å². The fourth-order valence-corrected chi connectivity index (χ4v) is 2.37. The number of amides is 2. The number of methoxy groups -OCH3 is 1. The molecule has 6 nitrogen and oxygen atoms in total. The van der Waals surface area contributed by atoms with E-state index < -0.39 is 11.9 Å². The van der Waals surface area contributed by atoms with Crippen LogP contribution in [-0.2, 0) is 4.79 Å². The molecule has 0 aromatic heterocycles. The third-order valence-electron chi connectivity index (χ3n) is 3.36. The van der Waals surface area contributed by atoms with Crippen LogP contribution in [0.15, 0.2) is 18.2 Å². The lowest BCUT2D eigenvalue weighted by atomic mass is 10.1. The van der Waals surface area contributed by atoms with Gasteiger partial charge in [-0.3, -0.25) is 9.59 Å². The van der Waals surface area contributed by atoms with E-state index >= 15 is 0 Å². The number of carbonyl (C=O) groups is 2. The highest BCUT2D eigenvalue weighted by atomic mass is 16.5. The van der Waals surface area contributed by atoms with Crippen LogP contribution in [0.25, 0.3) is 0 Å². The Bertz CT molecular complexity index is 516. The van der Waals surface area contributed by atoms with Crippen LogP contribution < -0.4 is 16.2 Å². The van der Waals surface area contributed by atoms with Crippen molar-refractivity contribution < 1.29 is 14.3 Å². The number of ether oxygens (including phenoxy) is 1. The number of hydrogen-bond acceptors (Lipinski definition) is 4. The Balaban J connectivity index is 2.32. The molecule has 0 bridgehead atoms. The molecule has 0 saturated carbocycles. The summed E-state index contributed by atoms with van der Waals surface area (Å²) in [4.78, 5) is 25.2. The number of rotatable bonds is 3. The minimum Gasteiger partial charge on any atom is -0.495 e. The van der Waals surface area contributed by atoms with Crippen LogP contribution in [0.1, 0.15) is 23.2 Å². The number of hydrogen-bond donors (Lipinski definition) is 2. The molecule has 0 radical (unpaired) electrons. The highest BCUT2D eigenvalue weighted by molar-refractivity contribution is 6.02. The zero-order chi connectivity index (χ0) is 14.0. The monoisotopic (exact) mass is 263 g/mol. The van der Waals surface area contributed by atoms with E-state index in [9.17, 15) is 9.59 Å². The molecule has 1 aliphatic heterocycles. The maximum absolute atomic E-state index is 12.4. The van der Waals surface area contributed by atoms with Gasteiger partial charge >= 0.3 is 0 Å². The number of anilines is 1. The first-order chi connectivity index (χ1) is 9.06. The Kier molecular flexibility index (Phi) is 3.59. The van der Waals surface area contributed by atoms with Gasteiger partial charge in [0.25, 0.3) is 5.91 Å². The number of nitrogens with zero attached hydrogens (tertiary/aromatic N) is 1. The van der Waals surface area contributed by atoms with E-state index in [1.807, 2.05) is 0 Å². The van der Waals surface area contributed by atoms with Crippen molar-refractivity contribution in [2.45, 2.75) is 18.9 Å². The van der Waals surface area contributed by atoms with E-state index in [1.165, 1.54) is 12.0 Å². The van der Waals surface area contributed by atoms with Crippen LogP contribution in [0.4, 0.5) is 5.69 Å². The predicted molar refractivity (Wildman–Crippen MR) is 70.7 cm³/mol. The van der Waals surface area contributed by atoms with Gasteiger partial charge in [-0.25, -0.2) is 0 Å². The van der Waals surface area contributed by atoms with Crippen molar-refractivity contribution in [3.8, 4) is 5.75 Å². The molecule has 4 N–H and O–H groups in total. The Labute approximate surface area is 111 Å². The molecule has 1 atom stereocenters. The second kappa shape index (κ2) is 5.17. The van der Waals surface area contributed by atoms with E-state index in [0.717, 1.165) is 6.42 Å². The summed E-state index contributed by atoms with van der Waals surface area (Å²) in [6.45, 7) is 0.517. The normalized spacial score (nSPS) is 18.4. The molecule has 6 heteroatoms. The molecule has 1 aromatic rings. The van der Waals surface area contributed by atoms with Gasteiger partial charge in [0.05, 0.1) is 18.4 Å². The summed E-state index contributed by atoms with van der Waals surface area (Å²) in [5.74, 6) is -0.314. The largest absolute Gasteiger partial charge is 0.495 e. The Morgan fingerprint density at radius 2 is 2.16 bits per heavy atom. The summed E-state index contributed by atoms with van der Waals surface area (Å²) in [5.41, 5.74) is 11.8. The van der Waals surface area contributed by atoms with Crippen LogP contribution in [-0.4, -0.2) is 36.4 Å². The Morgan fingerprint density at radius 1 is 1.42 bits per heavy atom. The van der Waals surface area contributed by atoms with Crippen molar-refractivity contribution in [2.75, 3.05) is 19.4 Å². The zero-order valence-corrected chi connectivity index (χ0v) is 10.8. The first kappa shape index (κ1) is 13.2. The molecule has 19 heavy (non-hydrogen) atoms. The summed E-state index contributed by atoms with van der Waals surface area (Å²) in [6, 6.07) is 4.45. The van der Waals surface area contributed by atoms with Crippen molar-refractivity contribution in [1.29, 1.82) is 0 Å². The van der Waals surface area contributed by atoms with Gasteiger partial charge in [0.1, 0.15) is 11.8 Å². The van der Waals surface area contributed by atoms with E-state index in [-0.39, 0.29) is 11.6 Å². The fourth-order valence-electron chi connectivity index (χ4n) is 2.37. The van der Waals surface area contributed by atoms with Gasteiger partial charge in [-0.2, -0.15) is 0 Å². The molecule has 1 aliphatic rings. The van der Waals surface area contributed by atoms with Crippen LogP contribution >= 0.6 is 0 Å². The average Bonchev–Trinajstić information content (AvgIpc) is 2.87. The Hall–Kier alpha value is -2.24. The number of nitrogens with two attached hydrogens (primary N) is 2.